The van der Waals surface area contributed by atoms with Crippen LogP contribution in [0.3, 0.4) is 0 Å². The number of carbonyl (C=O) groups excluding carboxylic acids is 1. The van der Waals surface area contributed by atoms with Gasteiger partial charge in [-0.2, -0.15) is 0 Å². The molecule has 1 N–H and O–H groups in total. The first-order valence-electron chi connectivity index (χ1n) is 10.9. The number of hydrogen-bond acceptors (Lipinski definition) is 4. The lowest BCUT2D eigenvalue weighted by atomic mass is 10.0. The maximum atomic E-state index is 13.6. The Bertz CT molecular complexity index is 1260. The number of anilines is 1. The molecular weight excluding hydrogens is 472 g/mol. The highest BCUT2D eigenvalue weighted by molar-refractivity contribution is 7.92. The van der Waals surface area contributed by atoms with E-state index in [1.807, 2.05) is 32.0 Å². The van der Waals surface area contributed by atoms with E-state index < -0.39 is 15.9 Å². The first-order valence-corrected chi connectivity index (χ1v) is 12.8. The third-order valence-corrected chi connectivity index (χ3v) is 7.63. The smallest absolute Gasteiger partial charge is 0.264 e. The number of methoxy groups -OCH3 is 1. The zero-order valence-electron chi connectivity index (χ0n) is 19.7. The minimum absolute atomic E-state index is 0.0972. The highest BCUT2D eigenvalue weighted by atomic mass is 35.5. The highest BCUT2D eigenvalue weighted by Gasteiger charge is 2.29. The third kappa shape index (κ3) is 5.72. The Morgan fingerprint density at radius 2 is 1.74 bits per heavy atom. The maximum Gasteiger partial charge on any atom is 0.264 e. The average Bonchev–Trinajstić information content (AvgIpc) is 2.83. The molecule has 0 aromatic heterocycles. The summed E-state index contributed by atoms with van der Waals surface area (Å²) in [7, 11) is -2.40. The number of halogens is 1. The van der Waals surface area contributed by atoms with Crippen molar-refractivity contribution < 1.29 is 17.9 Å². The van der Waals surface area contributed by atoms with Gasteiger partial charge >= 0.3 is 0 Å². The molecule has 0 aliphatic heterocycles. The van der Waals surface area contributed by atoms with Gasteiger partial charge in [0.25, 0.3) is 10.0 Å². The second-order valence-corrected chi connectivity index (χ2v) is 10.3. The van der Waals surface area contributed by atoms with Gasteiger partial charge in [-0.05, 0) is 67.3 Å². The summed E-state index contributed by atoms with van der Waals surface area (Å²) in [5.74, 6) is 0.348. The van der Waals surface area contributed by atoms with Crippen molar-refractivity contribution in [2.24, 2.45) is 0 Å². The van der Waals surface area contributed by atoms with Crippen LogP contribution in [0.25, 0.3) is 0 Å². The normalized spacial score (nSPS) is 12.1. The van der Waals surface area contributed by atoms with Gasteiger partial charge in [-0.15, -0.1) is 0 Å². The Morgan fingerprint density at radius 3 is 2.35 bits per heavy atom. The Kier molecular flexibility index (Phi) is 8.23. The van der Waals surface area contributed by atoms with E-state index in [1.54, 1.807) is 50.4 Å². The van der Waals surface area contributed by atoms with E-state index >= 15 is 0 Å². The molecule has 0 aliphatic rings. The lowest BCUT2D eigenvalue weighted by molar-refractivity contribution is -0.120. The number of sulfonamides is 1. The first kappa shape index (κ1) is 25.6. The summed E-state index contributed by atoms with van der Waals surface area (Å²) in [6, 6.07) is 18.5. The van der Waals surface area contributed by atoms with Gasteiger partial charge in [0.1, 0.15) is 12.3 Å². The number of nitrogens with zero attached hydrogens (tertiary/aromatic N) is 1. The Balaban J connectivity index is 1.94. The zero-order chi connectivity index (χ0) is 24.9. The number of carbonyl (C=O) groups is 1. The van der Waals surface area contributed by atoms with E-state index in [-0.39, 0.29) is 17.5 Å². The van der Waals surface area contributed by atoms with Crippen molar-refractivity contribution in [1.29, 1.82) is 0 Å². The third-order valence-electron chi connectivity index (χ3n) is 5.62. The molecule has 8 heteroatoms. The molecule has 0 aliphatic carbocycles. The number of rotatable bonds is 9. The average molecular weight is 501 g/mol. The molecule has 0 fully saturated rings. The Hall–Kier alpha value is -3.03. The fourth-order valence-electron chi connectivity index (χ4n) is 3.78. The fourth-order valence-corrected chi connectivity index (χ4v) is 5.45. The van der Waals surface area contributed by atoms with Crippen molar-refractivity contribution in [3.05, 3.63) is 88.4 Å². The number of aryl methyl sites for hydroxylation is 2. The van der Waals surface area contributed by atoms with E-state index in [1.165, 1.54) is 12.1 Å². The number of benzene rings is 3. The molecule has 0 spiro atoms. The second-order valence-electron chi connectivity index (χ2n) is 8.01. The molecule has 3 aromatic carbocycles. The van der Waals surface area contributed by atoms with Crippen LogP contribution in [0.1, 0.15) is 36.1 Å². The van der Waals surface area contributed by atoms with Crippen molar-refractivity contribution in [3.8, 4) is 5.75 Å². The zero-order valence-corrected chi connectivity index (χ0v) is 21.3. The van der Waals surface area contributed by atoms with Gasteiger partial charge in [-0.1, -0.05) is 54.9 Å². The standard InChI is InChI=1S/C26H29ClN2O4S/c1-5-23(20-12-14-25(33-4)19(3)15-20)28-26(30)17-29(24-16-21(27)13-11-18(24)2)34(31,32)22-9-7-6-8-10-22/h6-16,23H,5,17H2,1-4H3,(H,28,30). The molecule has 0 heterocycles. The van der Waals surface area contributed by atoms with E-state index in [0.29, 0.717) is 22.7 Å². The van der Waals surface area contributed by atoms with Crippen LogP contribution in [0.5, 0.6) is 5.75 Å². The number of hydrogen-bond donors (Lipinski definition) is 1. The summed E-state index contributed by atoms with van der Waals surface area (Å²) in [6.45, 7) is 5.30. The van der Waals surface area contributed by atoms with Gasteiger partial charge in [-0.25, -0.2) is 8.42 Å². The summed E-state index contributed by atoms with van der Waals surface area (Å²) < 4.78 is 33.6. The van der Waals surface area contributed by atoms with Gasteiger partial charge < -0.3 is 10.1 Å². The van der Waals surface area contributed by atoms with Crippen LogP contribution in [0.15, 0.2) is 71.6 Å². The minimum Gasteiger partial charge on any atom is -0.496 e. The Labute approximate surface area is 206 Å². The molecular formula is C26H29ClN2O4S. The molecule has 1 amide bonds. The van der Waals surface area contributed by atoms with Gasteiger partial charge in [0, 0.05) is 5.02 Å². The van der Waals surface area contributed by atoms with Crippen LogP contribution in [0.2, 0.25) is 5.02 Å². The van der Waals surface area contributed by atoms with Crippen molar-refractivity contribution in [2.75, 3.05) is 18.0 Å². The molecule has 3 aromatic rings. The summed E-state index contributed by atoms with van der Waals surface area (Å²) in [4.78, 5) is 13.3. The van der Waals surface area contributed by atoms with Crippen LogP contribution >= 0.6 is 11.6 Å². The molecule has 1 unspecified atom stereocenters. The van der Waals surface area contributed by atoms with E-state index in [2.05, 4.69) is 5.32 Å². The monoisotopic (exact) mass is 500 g/mol. The fraction of sp³-hybridized carbons (Fsp3) is 0.269. The molecule has 0 saturated heterocycles. The predicted molar refractivity (Wildman–Crippen MR) is 136 cm³/mol. The van der Waals surface area contributed by atoms with E-state index in [9.17, 15) is 13.2 Å². The number of nitrogens with one attached hydrogen (secondary N) is 1. The van der Waals surface area contributed by atoms with Crippen LogP contribution in [-0.2, 0) is 14.8 Å². The van der Waals surface area contributed by atoms with Crippen molar-refractivity contribution >= 4 is 33.2 Å². The minimum atomic E-state index is -4.01. The summed E-state index contributed by atoms with van der Waals surface area (Å²) in [6.07, 6.45) is 0.638. The van der Waals surface area contributed by atoms with Gasteiger partial charge in [0.15, 0.2) is 0 Å². The molecule has 180 valence electrons. The highest BCUT2D eigenvalue weighted by Crippen LogP contribution is 2.30. The molecule has 0 saturated carbocycles. The second kappa shape index (κ2) is 10.9. The molecule has 3 rings (SSSR count). The lowest BCUT2D eigenvalue weighted by Crippen LogP contribution is -2.42. The summed E-state index contributed by atoms with van der Waals surface area (Å²) >= 11 is 6.19. The van der Waals surface area contributed by atoms with Crippen molar-refractivity contribution in [2.45, 2.75) is 38.1 Å². The Morgan fingerprint density at radius 1 is 1.03 bits per heavy atom. The number of amides is 1. The lowest BCUT2D eigenvalue weighted by Gasteiger charge is -2.27. The van der Waals surface area contributed by atoms with Crippen molar-refractivity contribution in [3.63, 3.8) is 0 Å². The quantitative estimate of drug-likeness (QED) is 0.425. The number of ether oxygens (including phenoxy) is 1. The predicted octanol–water partition coefficient (Wildman–Crippen LogP) is 5.43. The SMILES string of the molecule is CCC(NC(=O)CN(c1cc(Cl)ccc1C)S(=O)(=O)c1ccccc1)c1ccc(OC)c(C)c1. The van der Waals surface area contributed by atoms with E-state index in [0.717, 1.165) is 21.2 Å². The first-order chi connectivity index (χ1) is 16.2. The van der Waals surface area contributed by atoms with E-state index in [4.69, 9.17) is 16.3 Å². The van der Waals surface area contributed by atoms with Crippen LogP contribution in [0.4, 0.5) is 5.69 Å². The summed E-state index contributed by atoms with van der Waals surface area (Å²) in [5.41, 5.74) is 2.93. The van der Waals surface area contributed by atoms with Crippen LogP contribution in [-0.4, -0.2) is 28.0 Å². The van der Waals surface area contributed by atoms with Crippen LogP contribution < -0.4 is 14.4 Å². The van der Waals surface area contributed by atoms with Gasteiger partial charge in [-0.3, -0.25) is 9.10 Å². The largest absolute Gasteiger partial charge is 0.496 e. The van der Waals surface area contributed by atoms with Crippen LogP contribution in [0, 0.1) is 13.8 Å². The van der Waals surface area contributed by atoms with Gasteiger partial charge in [0.2, 0.25) is 5.91 Å². The molecule has 1 atom stereocenters. The molecule has 0 radical (unpaired) electrons. The topological polar surface area (TPSA) is 75.7 Å². The van der Waals surface area contributed by atoms with Gasteiger partial charge in [0.05, 0.1) is 23.7 Å². The van der Waals surface area contributed by atoms with Crippen molar-refractivity contribution in [1.82, 2.24) is 5.32 Å². The summed E-state index contributed by atoms with van der Waals surface area (Å²) in [5, 5.41) is 3.37. The maximum absolute atomic E-state index is 13.6. The molecule has 6 nitrogen and oxygen atoms in total. The molecule has 34 heavy (non-hydrogen) atoms. The molecule has 0 bridgehead atoms.